The molecule has 38 heavy (non-hydrogen) atoms. The molecule has 0 bridgehead atoms. The Balaban J connectivity index is 1.23. The molecule has 0 unspecified atom stereocenters. The van der Waals surface area contributed by atoms with Gasteiger partial charge in [-0.25, -0.2) is 4.39 Å². The standard InChI is InChI=1S/C28H24ClFN6O2/c1-15-10-24(36-35-15)25-21(12-19(29)13-22(25)30)17-2-4-20-16(11-17)3-5-23(20)33-27(38)28(7-8-28)34-26(37)18-6-9-31-32-14-18/h2,4,6,9-14,23H,3,5,7-8H2,1H3,(H,33,38)(H,34,37)(H,35,36)/t23-/m0/s1. The Hall–Kier alpha value is -4.11. The smallest absolute Gasteiger partial charge is 0.253 e. The maximum Gasteiger partial charge on any atom is 0.253 e. The molecule has 2 heterocycles. The largest absolute Gasteiger partial charge is 0.347 e. The molecule has 8 nitrogen and oxygen atoms in total. The van der Waals surface area contributed by atoms with Gasteiger partial charge >= 0.3 is 0 Å². The van der Waals surface area contributed by atoms with Crippen molar-refractivity contribution in [2.24, 2.45) is 0 Å². The zero-order valence-corrected chi connectivity index (χ0v) is 21.3. The van der Waals surface area contributed by atoms with E-state index in [2.05, 4.69) is 31.0 Å². The van der Waals surface area contributed by atoms with Crippen LogP contribution in [0.5, 0.6) is 0 Å². The highest BCUT2D eigenvalue weighted by atomic mass is 35.5. The third-order valence-corrected chi connectivity index (χ3v) is 7.46. The van der Waals surface area contributed by atoms with E-state index in [9.17, 15) is 9.59 Å². The van der Waals surface area contributed by atoms with Gasteiger partial charge in [-0.05, 0) is 79.1 Å². The molecule has 2 aliphatic carbocycles. The molecular formula is C28H24ClFN6O2. The van der Waals surface area contributed by atoms with Gasteiger partial charge < -0.3 is 10.6 Å². The summed E-state index contributed by atoms with van der Waals surface area (Å²) in [5, 5.41) is 20.8. The van der Waals surface area contributed by atoms with Crippen LogP contribution in [0, 0.1) is 12.7 Å². The van der Waals surface area contributed by atoms with Crippen LogP contribution in [0.3, 0.4) is 0 Å². The van der Waals surface area contributed by atoms with Gasteiger partial charge in [-0.3, -0.25) is 14.7 Å². The summed E-state index contributed by atoms with van der Waals surface area (Å²) in [6.45, 7) is 1.86. The van der Waals surface area contributed by atoms with Gasteiger partial charge in [0, 0.05) is 16.3 Å². The Morgan fingerprint density at radius 3 is 2.68 bits per heavy atom. The Kier molecular flexibility index (Phi) is 5.95. The minimum absolute atomic E-state index is 0.173. The summed E-state index contributed by atoms with van der Waals surface area (Å²) in [5.41, 5.74) is 4.75. The summed E-state index contributed by atoms with van der Waals surface area (Å²) in [7, 11) is 0. The lowest BCUT2D eigenvalue weighted by Crippen LogP contribution is -2.49. The lowest BCUT2D eigenvalue weighted by atomic mass is 9.94. The third-order valence-electron chi connectivity index (χ3n) is 7.24. The zero-order valence-electron chi connectivity index (χ0n) is 20.5. The number of amides is 2. The molecule has 2 amide bonds. The van der Waals surface area contributed by atoms with Crippen LogP contribution in [0.1, 0.15) is 52.5 Å². The summed E-state index contributed by atoms with van der Waals surface area (Å²) < 4.78 is 15.1. The van der Waals surface area contributed by atoms with E-state index in [1.165, 1.54) is 18.5 Å². The molecule has 3 N–H and O–H groups in total. The molecule has 0 radical (unpaired) electrons. The second-order valence-corrected chi connectivity index (χ2v) is 10.3. The van der Waals surface area contributed by atoms with E-state index in [0.717, 1.165) is 35.2 Å². The molecule has 1 atom stereocenters. The van der Waals surface area contributed by atoms with E-state index in [4.69, 9.17) is 11.6 Å². The monoisotopic (exact) mass is 530 g/mol. The van der Waals surface area contributed by atoms with Crippen LogP contribution in [0.15, 0.2) is 54.9 Å². The van der Waals surface area contributed by atoms with Gasteiger partial charge in [0.15, 0.2) is 0 Å². The number of carbonyl (C=O) groups is 2. The zero-order chi connectivity index (χ0) is 26.4. The molecule has 6 rings (SSSR count). The molecule has 0 saturated heterocycles. The molecule has 0 aliphatic heterocycles. The minimum atomic E-state index is -0.905. The SMILES string of the molecule is Cc1cc(-c2c(F)cc(Cl)cc2-c2ccc3c(c2)CC[C@@H]3NC(=O)C2(NC(=O)c3ccnnc3)CC2)n[nH]1. The number of hydrogen-bond donors (Lipinski definition) is 3. The van der Waals surface area contributed by atoms with Gasteiger partial charge in [0.2, 0.25) is 5.91 Å². The van der Waals surface area contributed by atoms with Crippen LogP contribution in [-0.2, 0) is 11.2 Å². The first-order valence-corrected chi connectivity index (χ1v) is 12.8. The Morgan fingerprint density at radius 1 is 1.13 bits per heavy atom. The summed E-state index contributed by atoms with van der Waals surface area (Å²) in [6, 6.07) is 12.1. The highest BCUT2D eigenvalue weighted by molar-refractivity contribution is 6.31. The van der Waals surface area contributed by atoms with Crippen molar-refractivity contribution in [2.45, 2.75) is 44.2 Å². The van der Waals surface area contributed by atoms with E-state index in [1.807, 2.05) is 25.1 Å². The van der Waals surface area contributed by atoms with Crippen LogP contribution in [0.2, 0.25) is 5.02 Å². The fourth-order valence-corrected chi connectivity index (χ4v) is 5.29. The van der Waals surface area contributed by atoms with Gasteiger partial charge in [0.05, 0.1) is 29.7 Å². The normalized spacial score (nSPS) is 17.1. The van der Waals surface area contributed by atoms with Crippen molar-refractivity contribution in [2.75, 3.05) is 0 Å². The Bertz CT molecular complexity index is 1570. The lowest BCUT2D eigenvalue weighted by molar-refractivity contribution is -0.124. The van der Waals surface area contributed by atoms with Crippen molar-refractivity contribution in [3.8, 4) is 22.4 Å². The minimum Gasteiger partial charge on any atom is -0.347 e. The summed E-state index contributed by atoms with van der Waals surface area (Å²) >= 11 is 6.23. The number of fused-ring (bicyclic) bond motifs is 1. The molecule has 2 aliphatic rings. The average molecular weight is 531 g/mol. The van der Waals surface area contributed by atoms with E-state index in [-0.39, 0.29) is 17.9 Å². The summed E-state index contributed by atoms with van der Waals surface area (Å²) in [4.78, 5) is 25.8. The number of rotatable bonds is 6. The number of aromatic nitrogens is 4. The maximum atomic E-state index is 15.1. The number of benzene rings is 2. The van der Waals surface area contributed by atoms with E-state index in [0.29, 0.717) is 40.2 Å². The van der Waals surface area contributed by atoms with Crippen LogP contribution < -0.4 is 10.6 Å². The van der Waals surface area contributed by atoms with Crippen molar-refractivity contribution < 1.29 is 14.0 Å². The van der Waals surface area contributed by atoms with Crippen LogP contribution in [0.4, 0.5) is 4.39 Å². The number of nitrogens with one attached hydrogen (secondary N) is 3. The topological polar surface area (TPSA) is 113 Å². The molecular weight excluding hydrogens is 507 g/mol. The first kappa shape index (κ1) is 24.2. The first-order chi connectivity index (χ1) is 18.3. The molecule has 2 aromatic heterocycles. The molecule has 1 saturated carbocycles. The average Bonchev–Trinajstić information content (AvgIpc) is 3.40. The fraction of sp³-hybridized carbons (Fsp3) is 0.250. The maximum absolute atomic E-state index is 15.1. The van der Waals surface area contributed by atoms with Gasteiger partial charge in [0.25, 0.3) is 5.91 Å². The number of hydrogen-bond acceptors (Lipinski definition) is 5. The quantitative estimate of drug-likeness (QED) is 0.334. The fourth-order valence-electron chi connectivity index (χ4n) is 5.09. The van der Waals surface area contributed by atoms with Crippen molar-refractivity contribution in [3.63, 3.8) is 0 Å². The van der Waals surface area contributed by atoms with Gasteiger partial charge in [-0.2, -0.15) is 15.3 Å². The van der Waals surface area contributed by atoms with Crippen molar-refractivity contribution >= 4 is 23.4 Å². The number of H-pyrrole nitrogens is 1. The van der Waals surface area contributed by atoms with Crippen LogP contribution in [0.25, 0.3) is 22.4 Å². The summed E-state index contributed by atoms with van der Waals surface area (Å²) in [5.74, 6) is -0.979. The van der Waals surface area contributed by atoms with E-state index >= 15 is 4.39 Å². The van der Waals surface area contributed by atoms with E-state index in [1.54, 1.807) is 18.2 Å². The number of carbonyl (C=O) groups excluding carboxylic acids is 2. The van der Waals surface area contributed by atoms with Crippen LogP contribution >= 0.6 is 11.6 Å². The second kappa shape index (κ2) is 9.33. The van der Waals surface area contributed by atoms with Gasteiger partial charge in [-0.15, -0.1) is 0 Å². The lowest BCUT2D eigenvalue weighted by Gasteiger charge is -2.21. The Morgan fingerprint density at radius 2 is 1.97 bits per heavy atom. The highest BCUT2D eigenvalue weighted by Crippen LogP contribution is 2.41. The molecule has 2 aromatic carbocycles. The molecule has 1 fully saturated rings. The second-order valence-electron chi connectivity index (χ2n) is 9.89. The summed E-state index contributed by atoms with van der Waals surface area (Å²) in [6.07, 6.45) is 5.47. The molecule has 10 heteroatoms. The van der Waals surface area contributed by atoms with Crippen LogP contribution in [-0.4, -0.2) is 37.7 Å². The predicted octanol–water partition coefficient (Wildman–Crippen LogP) is 4.70. The van der Waals surface area contributed by atoms with Gasteiger partial charge in [-0.1, -0.05) is 29.8 Å². The molecule has 192 valence electrons. The van der Waals surface area contributed by atoms with Crippen molar-refractivity contribution in [1.82, 2.24) is 31.0 Å². The number of halogens is 2. The first-order valence-electron chi connectivity index (χ1n) is 12.4. The number of aryl methyl sites for hydroxylation is 2. The van der Waals surface area contributed by atoms with Crippen molar-refractivity contribution in [3.05, 3.63) is 88.1 Å². The third kappa shape index (κ3) is 4.43. The number of nitrogens with zero attached hydrogens (tertiary/aromatic N) is 3. The van der Waals surface area contributed by atoms with Crippen molar-refractivity contribution in [1.29, 1.82) is 0 Å². The number of aromatic amines is 1. The van der Waals surface area contributed by atoms with Gasteiger partial charge in [0.1, 0.15) is 11.4 Å². The van der Waals surface area contributed by atoms with E-state index < -0.39 is 11.4 Å². The molecule has 4 aromatic rings. The molecule has 0 spiro atoms. The Labute approximate surface area is 223 Å². The highest BCUT2D eigenvalue weighted by Gasteiger charge is 2.52. The predicted molar refractivity (Wildman–Crippen MR) is 140 cm³/mol.